The lowest BCUT2D eigenvalue weighted by Gasteiger charge is -2.15. The highest BCUT2D eigenvalue weighted by Crippen LogP contribution is 2.29. The molecule has 0 aliphatic rings. The monoisotopic (exact) mass is 352 g/mol. The van der Waals surface area contributed by atoms with E-state index in [2.05, 4.69) is 4.98 Å². The van der Waals surface area contributed by atoms with E-state index in [4.69, 9.17) is 16.3 Å². The van der Waals surface area contributed by atoms with Gasteiger partial charge in [0.05, 0.1) is 10.7 Å². The molecule has 2 heterocycles. The molecule has 1 aromatic carbocycles. The molecule has 0 saturated carbocycles. The van der Waals surface area contributed by atoms with Crippen LogP contribution in [0.3, 0.4) is 0 Å². The molecule has 2 aromatic heterocycles. The van der Waals surface area contributed by atoms with Gasteiger partial charge < -0.3 is 4.74 Å². The first kappa shape index (κ1) is 16.0. The van der Waals surface area contributed by atoms with Gasteiger partial charge in [-0.2, -0.15) is 0 Å². The molecule has 3 rings (SSSR count). The molecule has 23 heavy (non-hydrogen) atoms. The number of benzene rings is 1. The predicted molar refractivity (Wildman–Crippen MR) is 87.8 cm³/mol. The van der Waals surface area contributed by atoms with Crippen molar-refractivity contribution < 1.29 is 13.9 Å². The summed E-state index contributed by atoms with van der Waals surface area (Å²) in [5, 5.41) is 0.229. The Morgan fingerprint density at radius 3 is 2.87 bits per heavy atom. The molecule has 0 fully saturated rings. The van der Waals surface area contributed by atoms with Crippen molar-refractivity contribution in [1.29, 1.82) is 0 Å². The number of aryl methyl sites for hydroxylation is 2. The number of esters is 1. The number of aromatic nitrogens is 2. The topological polar surface area (TPSA) is 43.6 Å². The Hall–Kier alpha value is -1.92. The van der Waals surface area contributed by atoms with Crippen LogP contribution in [0.1, 0.15) is 39.7 Å². The third kappa shape index (κ3) is 2.84. The fraction of sp³-hybridized carbons (Fsp3) is 0.250. The van der Waals surface area contributed by atoms with E-state index in [0.717, 1.165) is 9.84 Å². The van der Waals surface area contributed by atoms with Gasteiger partial charge in [0.1, 0.15) is 11.9 Å². The van der Waals surface area contributed by atoms with Gasteiger partial charge in [-0.3, -0.25) is 4.40 Å². The number of carbonyl (C=O) groups excluding carboxylic acids is 1. The van der Waals surface area contributed by atoms with Crippen molar-refractivity contribution in [3.05, 3.63) is 57.1 Å². The minimum absolute atomic E-state index is 0.169. The van der Waals surface area contributed by atoms with Gasteiger partial charge in [-0.05, 0) is 32.9 Å². The second-order valence-corrected chi connectivity index (χ2v) is 6.84. The van der Waals surface area contributed by atoms with Gasteiger partial charge >= 0.3 is 5.97 Å². The standard InChI is InChI=1S/C16H14ClFN2O2S/c1-8-7-20-14(9(2)19-16(20)23-8)15(21)22-10(3)13-11(17)5-4-6-12(13)18/h4-7,10H,1-3H3. The Bertz CT molecular complexity index is 883. The van der Waals surface area contributed by atoms with Crippen LogP contribution in [0, 0.1) is 19.7 Å². The van der Waals surface area contributed by atoms with Gasteiger partial charge in [0.25, 0.3) is 0 Å². The lowest BCUT2D eigenvalue weighted by Crippen LogP contribution is -2.13. The molecule has 0 amide bonds. The largest absolute Gasteiger partial charge is 0.453 e. The molecule has 3 aromatic rings. The molecule has 0 aliphatic carbocycles. The van der Waals surface area contributed by atoms with Crippen molar-refractivity contribution in [2.75, 3.05) is 0 Å². The Morgan fingerprint density at radius 2 is 2.17 bits per heavy atom. The number of halogens is 2. The van der Waals surface area contributed by atoms with E-state index in [1.807, 2.05) is 13.1 Å². The summed E-state index contributed by atoms with van der Waals surface area (Å²) < 4.78 is 21.1. The zero-order chi connectivity index (χ0) is 16.7. The van der Waals surface area contributed by atoms with Crippen LogP contribution in [0.25, 0.3) is 4.96 Å². The molecule has 0 spiro atoms. The maximum atomic E-state index is 13.9. The zero-order valence-electron chi connectivity index (χ0n) is 12.8. The average molecular weight is 353 g/mol. The molecule has 0 N–H and O–H groups in total. The number of fused-ring (bicyclic) bond motifs is 1. The molecule has 120 valence electrons. The third-order valence-corrected chi connectivity index (χ3v) is 4.73. The lowest BCUT2D eigenvalue weighted by atomic mass is 10.1. The quantitative estimate of drug-likeness (QED) is 0.640. The van der Waals surface area contributed by atoms with E-state index in [-0.39, 0.29) is 10.6 Å². The molecular formula is C16H14ClFN2O2S. The van der Waals surface area contributed by atoms with Crippen LogP contribution in [0.5, 0.6) is 0 Å². The summed E-state index contributed by atoms with van der Waals surface area (Å²) in [7, 11) is 0. The molecule has 4 nitrogen and oxygen atoms in total. The Labute approximate surface area is 141 Å². The smallest absolute Gasteiger partial charge is 0.357 e. The fourth-order valence-electron chi connectivity index (χ4n) is 2.48. The number of hydrogen-bond acceptors (Lipinski definition) is 4. The van der Waals surface area contributed by atoms with E-state index >= 15 is 0 Å². The fourth-order valence-corrected chi connectivity index (χ4v) is 3.67. The van der Waals surface area contributed by atoms with E-state index in [1.165, 1.54) is 23.5 Å². The van der Waals surface area contributed by atoms with Crippen LogP contribution in [-0.2, 0) is 4.74 Å². The van der Waals surface area contributed by atoms with Gasteiger partial charge in [0.2, 0.25) is 0 Å². The van der Waals surface area contributed by atoms with E-state index in [0.29, 0.717) is 11.4 Å². The molecule has 1 atom stereocenters. The maximum Gasteiger partial charge on any atom is 0.357 e. The summed E-state index contributed by atoms with van der Waals surface area (Å²) in [6.07, 6.45) is 1.03. The SMILES string of the molecule is Cc1cn2c(C(=O)OC(C)c3c(F)cccc3Cl)c(C)nc2s1. The van der Waals surface area contributed by atoms with Crippen LogP contribution in [0.2, 0.25) is 5.02 Å². The van der Waals surface area contributed by atoms with Crippen molar-refractivity contribution in [3.63, 3.8) is 0 Å². The number of carbonyl (C=O) groups is 1. The van der Waals surface area contributed by atoms with Gasteiger partial charge in [-0.1, -0.05) is 17.7 Å². The van der Waals surface area contributed by atoms with Gasteiger partial charge in [-0.25, -0.2) is 14.2 Å². The molecule has 1 unspecified atom stereocenters. The molecule has 0 bridgehead atoms. The predicted octanol–water partition coefficient (Wildman–Crippen LogP) is 4.72. The second kappa shape index (κ2) is 5.94. The lowest BCUT2D eigenvalue weighted by molar-refractivity contribution is 0.0322. The Morgan fingerprint density at radius 1 is 1.43 bits per heavy atom. The number of ether oxygens (including phenoxy) is 1. The highest BCUT2D eigenvalue weighted by Gasteiger charge is 2.24. The first-order valence-electron chi connectivity index (χ1n) is 6.98. The van der Waals surface area contributed by atoms with E-state index < -0.39 is 17.9 Å². The summed E-state index contributed by atoms with van der Waals surface area (Å²) in [5.41, 5.74) is 1.10. The highest BCUT2D eigenvalue weighted by atomic mass is 35.5. The molecule has 0 radical (unpaired) electrons. The van der Waals surface area contributed by atoms with Gasteiger partial charge in [0.15, 0.2) is 10.7 Å². The minimum atomic E-state index is -0.805. The summed E-state index contributed by atoms with van der Waals surface area (Å²) in [6.45, 7) is 5.27. The van der Waals surface area contributed by atoms with Crippen LogP contribution >= 0.6 is 22.9 Å². The molecular weight excluding hydrogens is 339 g/mol. The molecule has 0 aliphatic heterocycles. The summed E-state index contributed by atoms with van der Waals surface area (Å²) in [5.74, 6) is -1.06. The summed E-state index contributed by atoms with van der Waals surface area (Å²) in [6, 6.07) is 4.36. The van der Waals surface area contributed by atoms with E-state index in [9.17, 15) is 9.18 Å². The minimum Gasteiger partial charge on any atom is -0.453 e. The molecule has 0 saturated heterocycles. The number of nitrogens with zero attached hydrogens (tertiary/aromatic N) is 2. The summed E-state index contributed by atoms with van der Waals surface area (Å²) >= 11 is 7.50. The number of rotatable bonds is 3. The third-order valence-electron chi connectivity index (χ3n) is 3.50. The van der Waals surface area contributed by atoms with Crippen molar-refractivity contribution in [3.8, 4) is 0 Å². The van der Waals surface area contributed by atoms with Crippen molar-refractivity contribution in [2.45, 2.75) is 26.9 Å². The number of imidazole rings is 1. The second-order valence-electron chi connectivity index (χ2n) is 5.22. The van der Waals surface area contributed by atoms with Crippen LogP contribution in [0.15, 0.2) is 24.4 Å². The van der Waals surface area contributed by atoms with Crippen molar-refractivity contribution >= 4 is 33.9 Å². The first-order chi connectivity index (χ1) is 10.9. The number of hydrogen-bond donors (Lipinski definition) is 0. The van der Waals surface area contributed by atoms with Gasteiger partial charge in [0, 0.05) is 16.6 Å². The van der Waals surface area contributed by atoms with Crippen LogP contribution in [-0.4, -0.2) is 15.4 Å². The van der Waals surface area contributed by atoms with E-state index in [1.54, 1.807) is 24.3 Å². The van der Waals surface area contributed by atoms with Crippen molar-refractivity contribution in [2.24, 2.45) is 0 Å². The Balaban J connectivity index is 1.93. The maximum absolute atomic E-state index is 13.9. The zero-order valence-corrected chi connectivity index (χ0v) is 14.3. The highest BCUT2D eigenvalue weighted by molar-refractivity contribution is 7.17. The average Bonchev–Trinajstić information content (AvgIpc) is 2.92. The van der Waals surface area contributed by atoms with Crippen molar-refractivity contribution in [1.82, 2.24) is 9.38 Å². The molecule has 7 heteroatoms. The Kier molecular flexibility index (Phi) is 4.12. The number of thiazole rings is 1. The van der Waals surface area contributed by atoms with Gasteiger partial charge in [-0.15, -0.1) is 11.3 Å². The first-order valence-corrected chi connectivity index (χ1v) is 8.18. The summed E-state index contributed by atoms with van der Waals surface area (Å²) in [4.78, 5) is 18.6. The van der Waals surface area contributed by atoms with Crippen LogP contribution < -0.4 is 0 Å². The van der Waals surface area contributed by atoms with Crippen LogP contribution in [0.4, 0.5) is 4.39 Å². The normalized spacial score (nSPS) is 12.6.